The Morgan fingerprint density at radius 1 is 1.90 bits per heavy atom. The van der Waals surface area contributed by atoms with E-state index in [2.05, 4.69) is 20.9 Å². The number of halogens is 1. The molecule has 0 atom stereocenters. The van der Waals surface area contributed by atoms with Crippen molar-refractivity contribution < 1.29 is 5.48 Å². The highest BCUT2D eigenvalue weighted by molar-refractivity contribution is 9.11. The Hall–Kier alpha value is -0.630. The maximum absolute atomic E-state index is 7.53. The highest BCUT2D eigenvalue weighted by Gasteiger charge is 1.84. The lowest BCUT2D eigenvalue weighted by Gasteiger charge is -1.91. The molecule has 1 aromatic heterocycles. The smallest absolute Gasteiger partial charge is 0.0630 e. The summed E-state index contributed by atoms with van der Waals surface area (Å²) in [6.07, 6.45) is 3.01. The number of pyridine rings is 1. The van der Waals surface area contributed by atoms with Crippen LogP contribution in [0.5, 0.6) is 0 Å². The van der Waals surface area contributed by atoms with Crippen molar-refractivity contribution in [3.05, 3.63) is 34.5 Å². The number of nitrogens with zero attached hydrogens (tertiary/aromatic N) is 1. The lowest BCUT2D eigenvalue weighted by atomic mass is 10.2. The van der Waals surface area contributed by atoms with Crippen LogP contribution in [0.25, 0.3) is 6.08 Å². The summed E-state index contributed by atoms with van der Waals surface area (Å²) in [6, 6.07) is 1.41. The number of hydrogen-bond donors (Lipinski definition) is 0. The third kappa shape index (κ3) is 1.95. The zero-order valence-corrected chi connectivity index (χ0v) is 6.72. The van der Waals surface area contributed by atoms with Gasteiger partial charge in [-0.15, -0.1) is 0 Å². The van der Waals surface area contributed by atoms with E-state index in [1.165, 1.54) is 12.3 Å². The zero-order valence-electron chi connectivity index (χ0n) is 9.13. The summed E-state index contributed by atoms with van der Waals surface area (Å²) >= 11 is 3.08. The second-order valence-electron chi connectivity index (χ2n) is 1.68. The zero-order chi connectivity index (χ0) is 10.8. The molecule has 0 radical (unpaired) electrons. The first-order valence-corrected chi connectivity index (χ1v) is 3.60. The molecule has 1 aromatic rings. The highest BCUT2D eigenvalue weighted by atomic mass is 79.9. The number of hydrogen-bond acceptors (Lipinski definition) is 1. The summed E-state index contributed by atoms with van der Waals surface area (Å²) in [5, 5.41) is 0. The summed E-state index contributed by atoms with van der Waals surface area (Å²) < 4.78 is 28.8. The van der Waals surface area contributed by atoms with Crippen molar-refractivity contribution >= 4 is 22.0 Å². The first-order chi connectivity index (χ1) is 6.45. The van der Waals surface area contributed by atoms with E-state index in [0.717, 1.165) is 0 Å². The number of aromatic nitrogens is 1. The van der Waals surface area contributed by atoms with E-state index < -0.39 is 6.85 Å². The van der Waals surface area contributed by atoms with Gasteiger partial charge in [-0.05, 0) is 29.5 Å². The minimum absolute atomic E-state index is 0.0470. The Bertz CT molecular complexity index is 359. The van der Waals surface area contributed by atoms with Crippen molar-refractivity contribution in [2.24, 2.45) is 0 Å². The van der Waals surface area contributed by atoms with Gasteiger partial charge in [-0.2, -0.15) is 0 Å². The summed E-state index contributed by atoms with van der Waals surface area (Å²) in [4.78, 5) is 5.37. The molecule has 0 saturated carbocycles. The van der Waals surface area contributed by atoms with Gasteiger partial charge in [0.25, 0.3) is 0 Å². The Kier molecular flexibility index (Phi) is 1.29. The normalized spacial score (nSPS) is 17.7. The van der Waals surface area contributed by atoms with Crippen LogP contribution in [0.2, 0.25) is 0 Å². The Morgan fingerprint density at radius 2 is 2.80 bits per heavy atom. The van der Waals surface area contributed by atoms with Crippen LogP contribution in [0.4, 0.5) is 0 Å². The monoisotopic (exact) mass is 201 g/mol. The van der Waals surface area contributed by atoms with Gasteiger partial charge in [0.05, 0.1) is 1.37 Å². The van der Waals surface area contributed by atoms with Gasteiger partial charge in [0, 0.05) is 16.0 Å². The van der Waals surface area contributed by atoms with Gasteiger partial charge >= 0.3 is 0 Å². The SMILES string of the molecule is [2H]c1cc(C([2H])([2H])[2H])ncc1/C=C\Br. The highest BCUT2D eigenvalue weighted by Crippen LogP contribution is 2.02. The predicted molar refractivity (Wildman–Crippen MR) is 46.9 cm³/mol. The lowest BCUT2D eigenvalue weighted by Crippen LogP contribution is -1.79. The molecule has 0 saturated heterocycles. The molecule has 0 aliphatic rings. The van der Waals surface area contributed by atoms with Crippen molar-refractivity contribution in [2.45, 2.75) is 6.85 Å². The lowest BCUT2D eigenvalue weighted by molar-refractivity contribution is 1.19. The summed E-state index contributed by atoms with van der Waals surface area (Å²) in [5.41, 5.74) is 0.532. The first kappa shape index (κ1) is 3.67. The van der Waals surface area contributed by atoms with E-state index in [1.54, 1.807) is 11.1 Å². The van der Waals surface area contributed by atoms with Crippen LogP contribution in [0.3, 0.4) is 0 Å². The maximum Gasteiger partial charge on any atom is 0.0630 e. The van der Waals surface area contributed by atoms with Crippen molar-refractivity contribution in [3.8, 4) is 0 Å². The second kappa shape index (κ2) is 3.52. The van der Waals surface area contributed by atoms with Gasteiger partial charge in [0.2, 0.25) is 0 Å². The molecule has 0 aliphatic heterocycles. The van der Waals surface area contributed by atoms with Crippen LogP contribution in [0, 0.1) is 6.85 Å². The fraction of sp³-hybridized carbons (Fsp3) is 0.125. The number of rotatable bonds is 1. The van der Waals surface area contributed by atoms with E-state index >= 15 is 0 Å². The van der Waals surface area contributed by atoms with Crippen molar-refractivity contribution in [2.75, 3.05) is 0 Å². The van der Waals surface area contributed by atoms with E-state index in [9.17, 15) is 0 Å². The molecule has 0 amide bonds. The van der Waals surface area contributed by atoms with Crippen molar-refractivity contribution in [1.29, 1.82) is 0 Å². The summed E-state index contributed by atoms with van der Waals surface area (Å²) in [5.74, 6) is 0. The average molecular weight is 202 g/mol. The molecule has 0 fully saturated rings. The van der Waals surface area contributed by atoms with E-state index in [4.69, 9.17) is 5.48 Å². The summed E-state index contributed by atoms with van der Waals surface area (Å²) in [7, 11) is 0. The second-order valence-corrected chi connectivity index (χ2v) is 2.21. The van der Waals surface area contributed by atoms with Gasteiger partial charge < -0.3 is 0 Å². The molecule has 1 rings (SSSR count). The molecule has 1 nitrogen and oxygen atoms in total. The number of aryl methyl sites for hydroxylation is 1. The molecule has 2 heteroatoms. The summed E-state index contributed by atoms with van der Waals surface area (Å²) in [6.45, 7) is -2.24. The van der Waals surface area contributed by atoms with Crippen molar-refractivity contribution in [3.63, 3.8) is 0 Å². The Balaban J connectivity index is 3.13. The molecule has 0 bridgehead atoms. The van der Waals surface area contributed by atoms with Gasteiger partial charge in [-0.3, -0.25) is 4.98 Å². The first-order valence-electron chi connectivity index (χ1n) is 4.69. The topological polar surface area (TPSA) is 12.9 Å². The van der Waals surface area contributed by atoms with Crippen LogP contribution in [0.1, 0.15) is 16.7 Å². The van der Waals surface area contributed by atoms with Crippen LogP contribution in [-0.4, -0.2) is 4.98 Å². The van der Waals surface area contributed by atoms with E-state index in [-0.39, 0.29) is 11.7 Å². The third-order valence-electron chi connectivity index (χ3n) is 0.961. The maximum atomic E-state index is 7.53. The molecule has 0 spiro atoms. The molecule has 0 N–H and O–H groups in total. The Labute approximate surface area is 74.5 Å². The van der Waals surface area contributed by atoms with Crippen molar-refractivity contribution in [1.82, 2.24) is 4.98 Å². The molecular weight excluding hydrogens is 190 g/mol. The average Bonchev–Trinajstić information content (AvgIpc) is 2.07. The molecule has 0 aliphatic carbocycles. The molecule has 10 heavy (non-hydrogen) atoms. The Morgan fingerprint density at radius 3 is 3.40 bits per heavy atom. The van der Waals surface area contributed by atoms with Crippen LogP contribution < -0.4 is 0 Å². The molecule has 1 heterocycles. The van der Waals surface area contributed by atoms with Gasteiger partial charge in [-0.1, -0.05) is 22.0 Å². The van der Waals surface area contributed by atoms with Crippen LogP contribution >= 0.6 is 15.9 Å². The fourth-order valence-corrected chi connectivity index (χ4v) is 0.809. The van der Waals surface area contributed by atoms with E-state index in [0.29, 0.717) is 5.56 Å². The largest absolute Gasteiger partial charge is 0.261 e. The van der Waals surface area contributed by atoms with Crippen LogP contribution in [0.15, 0.2) is 23.3 Å². The van der Waals surface area contributed by atoms with Gasteiger partial charge in [-0.25, -0.2) is 0 Å². The molecule has 0 unspecified atom stereocenters. The fourth-order valence-electron chi connectivity index (χ4n) is 0.524. The van der Waals surface area contributed by atoms with Crippen LogP contribution in [-0.2, 0) is 0 Å². The minimum Gasteiger partial charge on any atom is -0.261 e. The predicted octanol–water partition coefficient (Wildman–Crippen LogP) is 2.76. The molecule has 0 aromatic carbocycles. The third-order valence-corrected chi connectivity index (χ3v) is 1.23. The minimum atomic E-state index is -2.24. The van der Waals surface area contributed by atoms with Gasteiger partial charge in [0.1, 0.15) is 0 Å². The molecular formula is C8H8BrN. The quantitative estimate of drug-likeness (QED) is 0.682. The van der Waals surface area contributed by atoms with Gasteiger partial charge in [0.15, 0.2) is 0 Å². The molecule has 52 valence electrons. The van der Waals surface area contributed by atoms with E-state index in [1.807, 2.05) is 0 Å². The standard InChI is InChI=1S/C8H8BrN/c1-7-2-3-8(4-5-9)6-10-7/h2-6H,1H3/b5-4-/i1D3,3D.